The fourth-order valence-corrected chi connectivity index (χ4v) is 6.09. The molecule has 0 amide bonds. The molecule has 0 bridgehead atoms. The second kappa shape index (κ2) is 11.6. The molecule has 1 heteroatoms. The number of benzene rings is 2. The van der Waals surface area contributed by atoms with E-state index in [2.05, 4.69) is 136 Å². The van der Waals surface area contributed by atoms with Crippen LogP contribution in [0.2, 0.25) is 0 Å². The maximum absolute atomic E-state index is 4.85. The zero-order valence-corrected chi connectivity index (χ0v) is 28.4. The van der Waals surface area contributed by atoms with E-state index in [-0.39, 0.29) is 26.8 Å². The molecule has 0 radical (unpaired) electrons. The Labute approximate surface area is 239 Å². The summed E-state index contributed by atoms with van der Waals surface area (Å²) in [6, 6.07) is 14.6. The number of rotatable bonds is 8. The van der Waals surface area contributed by atoms with Gasteiger partial charge >= 0.3 is 0 Å². The van der Waals surface area contributed by atoms with Crippen LogP contribution in [-0.2, 0) is 26.8 Å². The quantitative estimate of drug-likeness (QED) is 0.179. The largest absolute Gasteiger partial charge is 0.117 e. The van der Waals surface area contributed by atoms with Gasteiger partial charge in [-0.15, -0.1) is 9.24 Å². The van der Waals surface area contributed by atoms with Crippen molar-refractivity contribution in [1.82, 2.24) is 0 Å². The van der Waals surface area contributed by atoms with Crippen molar-refractivity contribution < 1.29 is 0 Å². The Morgan fingerprint density at radius 2 is 0.974 bits per heavy atom. The lowest BCUT2D eigenvalue weighted by molar-refractivity contribution is 0.546. The van der Waals surface area contributed by atoms with Crippen LogP contribution in [0.3, 0.4) is 0 Å². The standard InChI is InChI=1S/C37H59P/c1-15-16-17-18-19-26(2)37(38,29-22-20-27(33(3,4)5)24-31(29)35(9,10)11)30-23-21-28(34(6,7)8)25-32(30)36(12,13)14/h20-25H,2,15-19,38H2,1,3-14H3. The van der Waals surface area contributed by atoms with E-state index in [1.165, 1.54) is 64.6 Å². The molecule has 0 fully saturated rings. The van der Waals surface area contributed by atoms with Crippen molar-refractivity contribution in [2.75, 3.05) is 0 Å². The summed E-state index contributed by atoms with van der Waals surface area (Å²) in [6.07, 6.45) is 6.04. The zero-order chi connectivity index (χ0) is 29.3. The molecule has 1 atom stereocenters. The average Bonchev–Trinajstić information content (AvgIpc) is 2.78. The summed E-state index contributed by atoms with van der Waals surface area (Å²) in [4.78, 5) is 0. The van der Waals surface area contributed by atoms with Crippen LogP contribution in [0.15, 0.2) is 48.6 Å². The topological polar surface area (TPSA) is 0 Å². The highest BCUT2D eigenvalue weighted by Crippen LogP contribution is 2.53. The highest BCUT2D eigenvalue weighted by atomic mass is 31.0. The second-order valence-corrected chi connectivity index (χ2v) is 16.6. The fourth-order valence-electron chi connectivity index (χ4n) is 5.44. The molecule has 0 heterocycles. The predicted octanol–water partition coefficient (Wildman–Crippen LogP) is 11.5. The molecule has 0 aliphatic carbocycles. The smallest absolute Gasteiger partial charge is 0.0554 e. The number of hydrogen-bond donors (Lipinski definition) is 0. The van der Waals surface area contributed by atoms with E-state index in [4.69, 9.17) is 6.58 Å². The highest BCUT2D eigenvalue weighted by Gasteiger charge is 2.40. The van der Waals surface area contributed by atoms with Crippen LogP contribution < -0.4 is 0 Å². The van der Waals surface area contributed by atoms with Gasteiger partial charge in [0.05, 0.1) is 5.16 Å². The SMILES string of the molecule is C=C(CCCCCC)C(P)(c1ccc(C(C)(C)C)cc1C(C)(C)C)c1ccc(C(C)(C)C)cc1C(C)(C)C. The summed E-state index contributed by atoms with van der Waals surface area (Å²) in [5.74, 6) is 0. The van der Waals surface area contributed by atoms with Crippen molar-refractivity contribution in [3.05, 3.63) is 81.9 Å². The molecule has 0 saturated heterocycles. The molecule has 0 N–H and O–H groups in total. The third-order valence-electron chi connectivity index (χ3n) is 8.13. The van der Waals surface area contributed by atoms with Gasteiger partial charge in [-0.2, -0.15) is 0 Å². The summed E-state index contributed by atoms with van der Waals surface area (Å²) < 4.78 is 0. The lowest BCUT2D eigenvalue weighted by atomic mass is 9.68. The Balaban J connectivity index is 2.97. The van der Waals surface area contributed by atoms with Crippen LogP contribution in [0.25, 0.3) is 0 Å². The molecule has 0 aliphatic rings. The average molecular weight is 535 g/mol. The summed E-state index contributed by atoms with van der Waals surface area (Å²) in [6.45, 7) is 35.2. The van der Waals surface area contributed by atoms with Gasteiger partial charge in [0.25, 0.3) is 0 Å². The molecule has 2 rings (SSSR count). The maximum atomic E-state index is 4.85. The van der Waals surface area contributed by atoms with Gasteiger partial charge in [-0.3, -0.25) is 0 Å². The molecular formula is C37H59P. The van der Waals surface area contributed by atoms with Crippen LogP contribution in [-0.4, -0.2) is 0 Å². The van der Waals surface area contributed by atoms with Crippen molar-refractivity contribution >= 4 is 9.24 Å². The third kappa shape index (κ3) is 7.42. The number of hydrogen-bond acceptors (Lipinski definition) is 0. The first-order valence-electron chi connectivity index (χ1n) is 14.9. The number of allylic oxidation sites excluding steroid dienone is 1. The van der Waals surface area contributed by atoms with E-state index in [1.807, 2.05) is 0 Å². The van der Waals surface area contributed by atoms with Gasteiger partial charge in [0.2, 0.25) is 0 Å². The summed E-state index contributed by atoms with van der Waals surface area (Å²) >= 11 is 0. The van der Waals surface area contributed by atoms with E-state index in [0.717, 1.165) is 6.42 Å². The highest BCUT2D eigenvalue weighted by molar-refractivity contribution is 7.19. The first kappa shape index (κ1) is 32.8. The molecule has 212 valence electrons. The Kier molecular flexibility index (Phi) is 10.0. The van der Waals surface area contributed by atoms with Crippen molar-refractivity contribution in [2.24, 2.45) is 0 Å². The molecule has 1 unspecified atom stereocenters. The molecule has 2 aromatic carbocycles. The summed E-state index contributed by atoms with van der Waals surface area (Å²) in [7, 11) is 3.36. The van der Waals surface area contributed by atoms with E-state index in [9.17, 15) is 0 Å². The van der Waals surface area contributed by atoms with Crippen molar-refractivity contribution in [1.29, 1.82) is 0 Å². The minimum absolute atomic E-state index is 0.00809. The van der Waals surface area contributed by atoms with Gasteiger partial charge in [-0.25, -0.2) is 0 Å². The lowest BCUT2D eigenvalue weighted by Crippen LogP contribution is -2.32. The Bertz CT molecular complexity index is 1030. The van der Waals surface area contributed by atoms with E-state index >= 15 is 0 Å². The molecule has 2 aromatic rings. The molecular weight excluding hydrogens is 475 g/mol. The van der Waals surface area contributed by atoms with E-state index in [1.54, 1.807) is 0 Å². The Hall–Kier alpha value is -1.39. The minimum atomic E-state index is -0.357. The van der Waals surface area contributed by atoms with Crippen molar-refractivity contribution in [2.45, 2.75) is 149 Å². The Morgan fingerprint density at radius 3 is 1.29 bits per heavy atom. The maximum Gasteiger partial charge on any atom is 0.0554 e. The van der Waals surface area contributed by atoms with E-state index < -0.39 is 0 Å². The van der Waals surface area contributed by atoms with Gasteiger partial charge in [-0.05, 0) is 67.9 Å². The van der Waals surface area contributed by atoms with Crippen LogP contribution in [0, 0.1) is 0 Å². The summed E-state index contributed by atoms with van der Waals surface area (Å²) in [5, 5.41) is -0.357. The normalized spacial score (nSPS) is 13.6. The van der Waals surface area contributed by atoms with E-state index in [0.29, 0.717) is 0 Å². The lowest BCUT2D eigenvalue weighted by Gasteiger charge is -2.42. The van der Waals surface area contributed by atoms with Gasteiger partial charge in [0.15, 0.2) is 0 Å². The van der Waals surface area contributed by atoms with Crippen LogP contribution in [0.1, 0.15) is 155 Å². The van der Waals surface area contributed by atoms with Crippen LogP contribution in [0.4, 0.5) is 0 Å². The molecule has 38 heavy (non-hydrogen) atoms. The number of unbranched alkanes of at least 4 members (excludes halogenated alkanes) is 3. The molecule has 0 spiro atoms. The Morgan fingerprint density at radius 1 is 0.579 bits per heavy atom. The predicted molar refractivity (Wildman–Crippen MR) is 176 cm³/mol. The van der Waals surface area contributed by atoms with Gasteiger partial charge < -0.3 is 0 Å². The molecule has 0 aromatic heterocycles. The molecule has 0 saturated carbocycles. The molecule has 0 aliphatic heterocycles. The zero-order valence-electron chi connectivity index (χ0n) is 27.3. The fraction of sp³-hybridized carbons (Fsp3) is 0.622. The first-order valence-corrected chi connectivity index (χ1v) is 15.5. The van der Waals surface area contributed by atoms with Crippen molar-refractivity contribution in [3.63, 3.8) is 0 Å². The monoisotopic (exact) mass is 534 g/mol. The third-order valence-corrected chi connectivity index (χ3v) is 9.16. The van der Waals surface area contributed by atoms with Gasteiger partial charge in [0.1, 0.15) is 0 Å². The van der Waals surface area contributed by atoms with Crippen molar-refractivity contribution in [3.8, 4) is 0 Å². The second-order valence-electron chi connectivity index (χ2n) is 15.7. The van der Waals surface area contributed by atoms with Crippen LogP contribution in [0.5, 0.6) is 0 Å². The summed E-state index contributed by atoms with van der Waals surface area (Å²) in [5.41, 5.74) is 9.94. The van der Waals surface area contributed by atoms with Gasteiger partial charge in [0, 0.05) is 0 Å². The first-order chi connectivity index (χ1) is 17.1. The van der Waals surface area contributed by atoms with Gasteiger partial charge in [-0.1, -0.05) is 158 Å². The van der Waals surface area contributed by atoms with Crippen LogP contribution >= 0.6 is 9.24 Å². The minimum Gasteiger partial charge on any atom is -0.117 e. The molecule has 0 nitrogen and oxygen atoms in total.